The van der Waals surface area contributed by atoms with E-state index in [0.29, 0.717) is 6.54 Å². The minimum atomic E-state index is 0.245. The van der Waals surface area contributed by atoms with Gasteiger partial charge in [-0.1, -0.05) is 0 Å². The number of hydrogen-bond acceptors (Lipinski definition) is 6. The molecule has 0 radical (unpaired) electrons. The number of ether oxygens (including phenoxy) is 1. The van der Waals surface area contributed by atoms with Gasteiger partial charge in [-0.2, -0.15) is 5.10 Å². The van der Waals surface area contributed by atoms with Gasteiger partial charge in [0.25, 0.3) is 0 Å². The summed E-state index contributed by atoms with van der Waals surface area (Å²) in [6.07, 6.45) is 6.29. The van der Waals surface area contributed by atoms with Crippen molar-refractivity contribution < 1.29 is 4.74 Å². The van der Waals surface area contributed by atoms with Gasteiger partial charge in [-0.15, -0.1) is 0 Å². The van der Waals surface area contributed by atoms with Gasteiger partial charge in [0.1, 0.15) is 0 Å². The third kappa shape index (κ3) is 3.24. The first-order valence-corrected chi connectivity index (χ1v) is 8.10. The first kappa shape index (κ1) is 16.4. The van der Waals surface area contributed by atoms with Crippen molar-refractivity contribution >= 4 is 35.0 Å². The van der Waals surface area contributed by atoms with Gasteiger partial charge < -0.3 is 15.4 Å². The number of nitrogens with zero attached hydrogens (tertiary/aromatic N) is 3. The number of anilines is 2. The molecular formula is C16H23N7O. The summed E-state index contributed by atoms with van der Waals surface area (Å²) in [5, 5.41) is 23.0. The van der Waals surface area contributed by atoms with Crippen LogP contribution in [0.4, 0.5) is 11.4 Å². The first-order valence-electron chi connectivity index (χ1n) is 8.10. The summed E-state index contributed by atoms with van der Waals surface area (Å²) in [4.78, 5) is 3.69. The van der Waals surface area contributed by atoms with E-state index < -0.39 is 0 Å². The maximum Gasteiger partial charge on any atom is 0.0924 e. The molecule has 1 aliphatic heterocycles. The van der Waals surface area contributed by atoms with E-state index in [1.54, 1.807) is 0 Å². The zero-order valence-corrected chi connectivity index (χ0v) is 13.5. The standard InChI is InChI=1S/C16H23N7O/c17-3-1-2-4-24-13-8-22(9-13)16-6-12(23(10-18)11-19)5-15-14(16)7-20-21-15/h5-7,10-11,13,18-19H,1-4,8-9,17H2,(H,20,21). The molecule has 1 aliphatic rings. The Bertz CT molecular complexity index is 700. The molecule has 128 valence electrons. The van der Waals surface area contributed by atoms with E-state index in [2.05, 4.69) is 15.1 Å². The van der Waals surface area contributed by atoms with Crippen LogP contribution in [0, 0.1) is 10.8 Å². The van der Waals surface area contributed by atoms with E-state index in [9.17, 15) is 0 Å². The predicted octanol–water partition coefficient (Wildman–Crippen LogP) is 1.53. The first-order chi connectivity index (χ1) is 11.8. The smallest absolute Gasteiger partial charge is 0.0924 e. The molecule has 0 spiro atoms. The number of rotatable bonds is 9. The van der Waals surface area contributed by atoms with Crippen LogP contribution in [-0.2, 0) is 4.74 Å². The zero-order valence-electron chi connectivity index (χ0n) is 13.5. The van der Waals surface area contributed by atoms with E-state index in [0.717, 1.165) is 67.5 Å². The lowest BCUT2D eigenvalue weighted by atomic mass is 10.1. The number of hydrogen-bond donors (Lipinski definition) is 4. The van der Waals surface area contributed by atoms with Crippen LogP contribution >= 0.6 is 0 Å². The zero-order chi connectivity index (χ0) is 16.9. The van der Waals surface area contributed by atoms with E-state index in [4.69, 9.17) is 21.3 Å². The van der Waals surface area contributed by atoms with Crippen LogP contribution < -0.4 is 15.5 Å². The molecule has 0 atom stereocenters. The molecule has 0 aliphatic carbocycles. The van der Waals surface area contributed by atoms with Crippen molar-refractivity contribution in [3.8, 4) is 0 Å². The van der Waals surface area contributed by atoms with Gasteiger partial charge in [0.05, 0.1) is 41.9 Å². The molecule has 3 rings (SSSR count). The maximum atomic E-state index is 7.43. The van der Waals surface area contributed by atoms with Crippen molar-refractivity contribution in [2.75, 3.05) is 36.0 Å². The van der Waals surface area contributed by atoms with Crippen molar-refractivity contribution in [1.82, 2.24) is 10.2 Å². The quantitative estimate of drug-likeness (QED) is 0.316. The lowest BCUT2D eigenvalue weighted by Gasteiger charge is -2.41. The Morgan fingerprint density at radius 1 is 1.33 bits per heavy atom. The topological polar surface area (TPSA) is 118 Å². The minimum Gasteiger partial charge on any atom is -0.375 e. The number of nitrogens with two attached hydrogens (primary N) is 1. The Kier molecular flexibility index (Phi) is 5.07. The molecule has 0 amide bonds. The van der Waals surface area contributed by atoms with E-state index in [-0.39, 0.29) is 6.10 Å². The summed E-state index contributed by atoms with van der Waals surface area (Å²) in [5.74, 6) is 0. The highest BCUT2D eigenvalue weighted by Gasteiger charge is 2.29. The summed E-state index contributed by atoms with van der Waals surface area (Å²) >= 11 is 0. The number of H-pyrrole nitrogens is 1. The average Bonchev–Trinajstić information content (AvgIpc) is 3.02. The highest BCUT2D eigenvalue weighted by molar-refractivity contribution is 6.03. The number of aromatic nitrogens is 2. The summed E-state index contributed by atoms with van der Waals surface area (Å²) in [7, 11) is 0. The summed E-state index contributed by atoms with van der Waals surface area (Å²) < 4.78 is 5.84. The Morgan fingerprint density at radius 2 is 2.12 bits per heavy atom. The number of benzene rings is 1. The molecule has 0 saturated carbocycles. The van der Waals surface area contributed by atoms with Gasteiger partial charge >= 0.3 is 0 Å². The van der Waals surface area contributed by atoms with Crippen molar-refractivity contribution in [3.63, 3.8) is 0 Å². The van der Waals surface area contributed by atoms with E-state index >= 15 is 0 Å². The Labute approximate surface area is 140 Å². The molecule has 1 aromatic heterocycles. The van der Waals surface area contributed by atoms with Crippen LogP contribution in [0.1, 0.15) is 12.8 Å². The second-order valence-electron chi connectivity index (χ2n) is 5.86. The maximum absolute atomic E-state index is 7.43. The SMILES string of the molecule is N=CN(C=N)c1cc(N2CC(OCCCCN)C2)c2cn[nH]c2c1. The molecule has 8 heteroatoms. The van der Waals surface area contributed by atoms with Gasteiger partial charge in [-0.05, 0) is 31.5 Å². The fourth-order valence-electron chi connectivity index (χ4n) is 2.85. The molecule has 2 heterocycles. The summed E-state index contributed by atoms with van der Waals surface area (Å²) in [6, 6.07) is 3.88. The lowest BCUT2D eigenvalue weighted by molar-refractivity contribution is 0.0326. The Hall–Kier alpha value is -2.45. The molecule has 1 aromatic carbocycles. The largest absolute Gasteiger partial charge is 0.375 e. The molecular weight excluding hydrogens is 306 g/mol. The Balaban J connectivity index is 1.72. The molecule has 8 nitrogen and oxygen atoms in total. The number of nitrogens with one attached hydrogen (secondary N) is 3. The highest BCUT2D eigenvalue weighted by Crippen LogP contribution is 2.34. The monoisotopic (exact) mass is 329 g/mol. The third-order valence-corrected chi connectivity index (χ3v) is 4.24. The van der Waals surface area contributed by atoms with Gasteiger partial charge in [-0.25, -0.2) is 0 Å². The van der Waals surface area contributed by atoms with E-state index in [1.165, 1.54) is 4.90 Å². The fourth-order valence-corrected chi connectivity index (χ4v) is 2.85. The minimum absolute atomic E-state index is 0.245. The molecule has 1 fully saturated rings. The highest BCUT2D eigenvalue weighted by atomic mass is 16.5. The molecule has 1 saturated heterocycles. The van der Waals surface area contributed by atoms with E-state index in [1.807, 2.05) is 18.3 Å². The molecule has 24 heavy (non-hydrogen) atoms. The molecule has 0 unspecified atom stereocenters. The van der Waals surface area contributed by atoms with Gasteiger partial charge in [0.2, 0.25) is 0 Å². The van der Waals surface area contributed by atoms with Crippen molar-refractivity contribution in [2.24, 2.45) is 5.73 Å². The Morgan fingerprint density at radius 3 is 2.83 bits per heavy atom. The van der Waals surface area contributed by atoms with Gasteiger partial charge in [0, 0.05) is 25.1 Å². The number of fused-ring (bicyclic) bond motifs is 1. The van der Waals surface area contributed by atoms with Crippen molar-refractivity contribution in [3.05, 3.63) is 18.3 Å². The second kappa shape index (κ2) is 7.41. The predicted molar refractivity (Wildman–Crippen MR) is 96.4 cm³/mol. The number of unbranched alkanes of at least 4 members (excludes halogenated alkanes) is 1. The van der Waals surface area contributed by atoms with Gasteiger partial charge in [0.15, 0.2) is 0 Å². The normalized spacial score (nSPS) is 14.6. The second-order valence-corrected chi connectivity index (χ2v) is 5.86. The van der Waals surface area contributed by atoms with Crippen LogP contribution in [-0.4, -0.2) is 55.2 Å². The average molecular weight is 329 g/mol. The van der Waals surface area contributed by atoms with Crippen LogP contribution in [0.5, 0.6) is 0 Å². The van der Waals surface area contributed by atoms with Crippen LogP contribution in [0.25, 0.3) is 10.9 Å². The fraction of sp³-hybridized carbons (Fsp3) is 0.438. The third-order valence-electron chi connectivity index (χ3n) is 4.24. The van der Waals surface area contributed by atoms with Crippen LogP contribution in [0.3, 0.4) is 0 Å². The van der Waals surface area contributed by atoms with Crippen molar-refractivity contribution in [2.45, 2.75) is 18.9 Å². The molecule has 2 aromatic rings. The number of aromatic amines is 1. The summed E-state index contributed by atoms with van der Waals surface area (Å²) in [5.41, 5.74) is 8.19. The summed E-state index contributed by atoms with van der Waals surface area (Å²) in [6.45, 7) is 3.14. The van der Waals surface area contributed by atoms with Crippen LogP contribution in [0.15, 0.2) is 18.3 Å². The lowest BCUT2D eigenvalue weighted by Crippen LogP contribution is -2.52. The van der Waals surface area contributed by atoms with Gasteiger partial charge in [-0.3, -0.25) is 20.8 Å². The molecule has 5 N–H and O–H groups in total. The van der Waals surface area contributed by atoms with Crippen LogP contribution in [0.2, 0.25) is 0 Å². The molecule has 0 bridgehead atoms. The van der Waals surface area contributed by atoms with Crippen molar-refractivity contribution in [1.29, 1.82) is 10.8 Å².